The molecule has 0 aliphatic carbocycles. The van der Waals surface area contributed by atoms with E-state index < -0.39 is 0 Å². The first-order valence-corrected chi connectivity index (χ1v) is 8.79. The van der Waals surface area contributed by atoms with Crippen molar-refractivity contribution in [1.29, 1.82) is 0 Å². The number of furan rings is 1. The number of ether oxygens (including phenoxy) is 2. The molecule has 0 saturated carbocycles. The van der Waals surface area contributed by atoms with E-state index in [1.165, 1.54) is 16.7 Å². The van der Waals surface area contributed by atoms with Crippen molar-refractivity contribution in [2.24, 2.45) is 0 Å². The van der Waals surface area contributed by atoms with Crippen LogP contribution >= 0.6 is 22.6 Å². The number of methoxy groups -OCH3 is 2. The highest BCUT2D eigenvalue weighted by molar-refractivity contribution is 14.1. The third-order valence-corrected chi connectivity index (χ3v) is 4.45. The maximum atomic E-state index is 5.92. The van der Waals surface area contributed by atoms with Gasteiger partial charge in [0.25, 0.3) is 0 Å². The second kappa shape index (κ2) is 7.75. The summed E-state index contributed by atoms with van der Waals surface area (Å²) < 4.78 is 17.5. The normalized spacial score (nSPS) is 10.6. The van der Waals surface area contributed by atoms with Crippen LogP contribution in [-0.4, -0.2) is 14.2 Å². The number of rotatable bonds is 6. The summed E-state index contributed by atoms with van der Waals surface area (Å²) in [6.45, 7) is 0. The van der Waals surface area contributed by atoms with Crippen LogP contribution in [0.2, 0.25) is 0 Å². The van der Waals surface area contributed by atoms with Crippen LogP contribution in [0, 0.1) is 3.77 Å². The topological polar surface area (TPSA) is 31.6 Å². The molecule has 0 amide bonds. The first kappa shape index (κ1) is 16.9. The third-order valence-electron chi connectivity index (χ3n) is 3.92. The van der Waals surface area contributed by atoms with E-state index in [0.29, 0.717) is 0 Å². The first-order valence-electron chi connectivity index (χ1n) is 7.71. The lowest BCUT2D eigenvalue weighted by atomic mass is 10.0. The van der Waals surface area contributed by atoms with Gasteiger partial charge in [-0.25, -0.2) is 0 Å². The van der Waals surface area contributed by atoms with E-state index in [0.717, 1.165) is 33.9 Å². The Labute approximate surface area is 155 Å². The van der Waals surface area contributed by atoms with Gasteiger partial charge in [-0.1, -0.05) is 36.4 Å². The van der Waals surface area contributed by atoms with Crippen molar-refractivity contribution < 1.29 is 13.9 Å². The van der Waals surface area contributed by atoms with Gasteiger partial charge in [-0.2, -0.15) is 0 Å². The lowest BCUT2D eigenvalue weighted by Crippen LogP contribution is -1.96. The van der Waals surface area contributed by atoms with Crippen LogP contribution in [0.3, 0.4) is 0 Å². The van der Waals surface area contributed by atoms with E-state index in [1.54, 1.807) is 14.2 Å². The van der Waals surface area contributed by atoms with Gasteiger partial charge in [-0.15, -0.1) is 0 Å². The third kappa shape index (κ3) is 3.93. The average Bonchev–Trinajstić information content (AvgIpc) is 2.94. The molecule has 0 saturated heterocycles. The predicted octanol–water partition coefficient (Wildman–Crippen LogP) is 5.08. The van der Waals surface area contributed by atoms with Crippen molar-refractivity contribution in [3.8, 4) is 11.5 Å². The Morgan fingerprint density at radius 2 is 1.58 bits per heavy atom. The van der Waals surface area contributed by atoms with Crippen LogP contribution < -0.4 is 9.47 Å². The van der Waals surface area contributed by atoms with Gasteiger partial charge in [-0.05, 0) is 57.5 Å². The average molecular weight is 434 g/mol. The molecule has 3 aromatic rings. The number of hydrogen-bond acceptors (Lipinski definition) is 3. The molecule has 0 fully saturated rings. The monoisotopic (exact) mass is 434 g/mol. The van der Waals surface area contributed by atoms with Gasteiger partial charge in [-0.3, -0.25) is 0 Å². The van der Waals surface area contributed by atoms with E-state index in [-0.39, 0.29) is 0 Å². The van der Waals surface area contributed by atoms with Crippen molar-refractivity contribution >= 4 is 22.6 Å². The Bertz CT molecular complexity index is 809. The SMILES string of the molecule is COc1ccc(Cc2cc(I)oc2Cc2ccccc2)cc1OC. The van der Waals surface area contributed by atoms with E-state index in [2.05, 4.69) is 59.0 Å². The quantitative estimate of drug-likeness (QED) is 0.507. The van der Waals surface area contributed by atoms with Crippen LogP contribution in [0.5, 0.6) is 11.5 Å². The molecule has 0 unspecified atom stereocenters. The van der Waals surface area contributed by atoms with Crippen molar-refractivity contribution in [2.45, 2.75) is 12.8 Å². The van der Waals surface area contributed by atoms with Crippen molar-refractivity contribution in [1.82, 2.24) is 0 Å². The van der Waals surface area contributed by atoms with Crippen LogP contribution in [0.15, 0.2) is 59.0 Å². The highest BCUT2D eigenvalue weighted by Crippen LogP contribution is 2.30. The molecule has 1 heterocycles. The molecule has 0 radical (unpaired) electrons. The summed E-state index contributed by atoms with van der Waals surface area (Å²) in [5, 5.41) is 0. The fourth-order valence-electron chi connectivity index (χ4n) is 2.72. The van der Waals surface area contributed by atoms with Crippen LogP contribution in [-0.2, 0) is 12.8 Å². The lowest BCUT2D eigenvalue weighted by Gasteiger charge is -2.09. The van der Waals surface area contributed by atoms with Gasteiger partial charge < -0.3 is 13.9 Å². The van der Waals surface area contributed by atoms with Crippen LogP contribution in [0.1, 0.15) is 22.5 Å². The molecule has 0 atom stereocenters. The molecule has 0 spiro atoms. The van der Waals surface area contributed by atoms with E-state index >= 15 is 0 Å². The Morgan fingerprint density at radius 1 is 0.833 bits per heavy atom. The predicted molar refractivity (Wildman–Crippen MR) is 103 cm³/mol. The van der Waals surface area contributed by atoms with Gasteiger partial charge in [0, 0.05) is 12.8 Å². The molecule has 3 nitrogen and oxygen atoms in total. The van der Waals surface area contributed by atoms with E-state index in [4.69, 9.17) is 13.9 Å². The maximum Gasteiger partial charge on any atom is 0.164 e. The second-order valence-electron chi connectivity index (χ2n) is 5.53. The lowest BCUT2D eigenvalue weighted by molar-refractivity contribution is 0.354. The summed E-state index contributed by atoms with van der Waals surface area (Å²) in [6.07, 6.45) is 1.60. The zero-order valence-corrected chi connectivity index (χ0v) is 15.9. The van der Waals surface area contributed by atoms with Crippen LogP contribution in [0.25, 0.3) is 0 Å². The van der Waals surface area contributed by atoms with Gasteiger partial charge in [0.15, 0.2) is 15.3 Å². The number of halogens is 1. The summed E-state index contributed by atoms with van der Waals surface area (Å²) in [5.74, 6) is 2.51. The molecule has 0 N–H and O–H groups in total. The molecule has 3 rings (SSSR count). The van der Waals surface area contributed by atoms with Gasteiger partial charge in [0.05, 0.1) is 14.2 Å². The first-order chi connectivity index (χ1) is 11.7. The smallest absolute Gasteiger partial charge is 0.164 e. The molecule has 0 aliphatic rings. The molecule has 2 aromatic carbocycles. The molecular formula is C20H19IO3. The van der Waals surface area contributed by atoms with Gasteiger partial charge in [0.1, 0.15) is 5.76 Å². The summed E-state index contributed by atoms with van der Waals surface area (Å²) in [5.41, 5.74) is 3.62. The Kier molecular flexibility index (Phi) is 5.45. The minimum absolute atomic E-state index is 0.743. The fourth-order valence-corrected chi connectivity index (χ4v) is 3.36. The minimum atomic E-state index is 0.743. The summed E-state index contributed by atoms with van der Waals surface area (Å²) >= 11 is 2.23. The standard InChI is InChI=1S/C20H19IO3/c1-22-17-9-8-15(12-19(17)23-2)10-16-13-20(21)24-18(16)11-14-6-4-3-5-7-14/h3-9,12-13H,10-11H2,1-2H3. The zero-order chi connectivity index (χ0) is 16.9. The van der Waals surface area contributed by atoms with Gasteiger partial charge >= 0.3 is 0 Å². The Hall–Kier alpha value is -1.95. The highest BCUT2D eigenvalue weighted by atomic mass is 127. The number of benzene rings is 2. The highest BCUT2D eigenvalue weighted by Gasteiger charge is 2.13. The molecule has 24 heavy (non-hydrogen) atoms. The Balaban J connectivity index is 1.85. The van der Waals surface area contributed by atoms with Gasteiger partial charge in [0.2, 0.25) is 0 Å². The minimum Gasteiger partial charge on any atom is -0.493 e. The molecule has 0 bridgehead atoms. The van der Waals surface area contributed by atoms with Crippen molar-refractivity contribution in [3.63, 3.8) is 0 Å². The Morgan fingerprint density at radius 3 is 2.29 bits per heavy atom. The molecule has 124 valence electrons. The van der Waals surface area contributed by atoms with E-state index in [9.17, 15) is 0 Å². The summed E-state index contributed by atoms with van der Waals surface area (Å²) in [6, 6.07) is 18.5. The van der Waals surface area contributed by atoms with E-state index in [1.807, 2.05) is 18.2 Å². The van der Waals surface area contributed by atoms with Crippen molar-refractivity contribution in [2.75, 3.05) is 14.2 Å². The zero-order valence-electron chi connectivity index (χ0n) is 13.7. The largest absolute Gasteiger partial charge is 0.493 e. The van der Waals surface area contributed by atoms with Crippen molar-refractivity contribution in [3.05, 3.63) is 80.8 Å². The molecular weight excluding hydrogens is 415 g/mol. The van der Waals surface area contributed by atoms with Crippen LogP contribution in [0.4, 0.5) is 0 Å². The maximum absolute atomic E-state index is 5.92. The molecule has 0 aliphatic heterocycles. The second-order valence-corrected chi connectivity index (χ2v) is 6.59. The summed E-state index contributed by atoms with van der Waals surface area (Å²) in [7, 11) is 3.30. The fraction of sp³-hybridized carbons (Fsp3) is 0.200. The molecule has 1 aromatic heterocycles. The number of hydrogen-bond donors (Lipinski definition) is 0. The summed E-state index contributed by atoms with van der Waals surface area (Å²) in [4.78, 5) is 0. The molecule has 4 heteroatoms.